The minimum Gasteiger partial charge on any atom is -0.493 e. The Morgan fingerprint density at radius 3 is 2.46 bits per heavy atom. The smallest absolute Gasteiger partial charge is 0.419 e. The van der Waals surface area contributed by atoms with Gasteiger partial charge in [0.1, 0.15) is 5.75 Å². The Kier molecular flexibility index (Phi) is 6.61. The Labute approximate surface area is 158 Å². The molecule has 0 unspecified atom stereocenters. The number of aryl methyl sites for hydroxylation is 1. The van der Waals surface area contributed by atoms with Gasteiger partial charge in [0, 0.05) is 5.56 Å². The summed E-state index contributed by atoms with van der Waals surface area (Å²) in [5.74, 6) is -0.734. The highest BCUT2D eigenvalue weighted by atomic mass is 35.5. The van der Waals surface area contributed by atoms with E-state index in [1.165, 1.54) is 6.07 Å². The predicted octanol–water partition coefficient (Wildman–Crippen LogP) is 5.12. The lowest BCUT2D eigenvalue weighted by atomic mass is 10.1. The van der Waals surface area contributed by atoms with Gasteiger partial charge in [0.05, 0.1) is 22.2 Å². The second-order valence-electron chi connectivity index (χ2n) is 5.39. The Balaban J connectivity index is 2.05. The molecule has 0 aliphatic rings. The van der Waals surface area contributed by atoms with Gasteiger partial charge in [-0.2, -0.15) is 13.2 Å². The molecule has 0 bridgehead atoms. The van der Waals surface area contributed by atoms with Crippen LogP contribution in [0.3, 0.4) is 0 Å². The average Bonchev–Trinajstić information content (AvgIpc) is 2.60. The minimum atomic E-state index is -4.63. The first kappa shape index (κ1) is 20.2. The average molecular weight is 407 g/mol. The van der Waals surface area contributed by atoms with Gasteiger partial charge in [-0.05, 0) is 48.7 Å². The molecule has 0 saturated heterocycles. The normalized spacial score (nSPS) is 12.3. The number of amidine groups is 1. The van der Waals surface area contributed by atoms with Crippen molar-refractivity contribution in [1.29, 1.82) is 0 Å². The molecular formula is C17H15Cl2F3N2O2. The van der Waals surface area contributed by atoms with Crippen LogP contribution < -0.4 is 10.5 Å². The number of halogens is 5. The highest BCUT2D eigenvalue weighted by molar-refractivity contribution is 6.42. The van der Waals surface area contributed by atoms with Crippen molar-refractivity contribution in [3.8, 4) is 5.75 Å². The molecule has 0 fully saturated rings. The van der Waals surface area contributed by atoms with Gasteiger partial charge in [-0.1, -0.05) is 34.4 Å². The molecule has 0 saturated carbocycles. The molecule has 0 radical (unpaired) electrons. The van der Waals surface area contributed by atoms with E-state index in [1.54, 1.807) is 18.2 Å². The van der Waals surface area contributed by atoms with Crippen molar-refractivity contribution in [3.05, 3.63) is 63.1 Å². The van der Waals surface area contributed by atoms with E-state index in [-0.39, 0.29) is 17.9 Å². The summed E-state index contributed by atoms with van der Waals surface area (Å²) in [6.07, 6.45) is -3.58. The van der Waals surface area contributed by atoms with Gasteiger partial charge in [0.15, 0.2) is 5.84 Å². The maximum Gasteiger partial charge on any atom is 0.419 e. The third kappa shape index (κ3) is 5.19. The first-order valence-corrected chi connectivity index (χ1v) is 8.24. The van der Waals surface area contributed by atoms with Crippen molar-refractivity contribution in [2.45, 2.75) is 19.0 Å². The number of nitrogens with zero attached hydrogens (tertiary/aromatic N) is 1. The van der Waals surface area contributed by atoms with Gasteiger partial charge in [0.2, 0.25) is 0 Å². The van der Waals surface area contributed by atoms with E-state index in [0.717, 1.165) is 17.7 Å². The monoisotopic (exact) mass is 406 g/mol. The molecule has 140 valence electrons. The summed E-state index contributed by atoms with van der Waals surface area (Å²) in [7, 11) is 0. The van der Waals surface area contributed by atoms with Crippen LogP contribution in [0.25, 0.3) is 0 Å². The van der Waals surface area contributed by atoms with E-state index in [1.807, 2.05) is 0 Å². The van der Waals surface area contributed by atoms with Gasteiger partial charge in [-0.25, -0.2) is 0 Å². The van der Waals surface area contributed by atoms with Crippen LogP contribution in [0, 0.1) is 0 Å². The van der Waals surface area contributed by atoms with Crippen LogP contribution in [-0.2, 0) is 12.6 Å². The summed E-state index contributed by atoms with van der Waals surface area (Å²) in [6.45, 7) is 0.0756. The molecular weight excluding hydrogens is 392 g/mol. The summed E-state index contributed by atoms with van der Waals surface area (Å²) in [6, 6.07) is 8.38. The molecule has 2 aromatic carbocycles. The number of oxime groups is 1. The van der Waals surface area contributed by atoms with E-state index in [0.29, 0.717) is 22.9 Å². The second-order valence-corrected chi connectivity index (χ2v) is 6.21. The van der Waals surface area contributed by atoms with Gasteiger partial charge in [-0.3, -0.25) is 0 Å². The summed E-state index contributed by atoms with van der Waals surface area (Å²) < 4.78 is 44.9. The molecule has 0 aliphatic carbocycles. The van der Waals surface area contributed by atoms with Crippen LogP contribution in [0.5, 0.6) is 5.75 Å². The highest BCUT2D eigenvalue weighted by Crippen LogP contribution is 2.37. The second kappa shape index (κ2) is 8.51. The first-order valence-electron chi connectivity index (χ1n) is 7.48. The fraction of sp³-hybridized carbons (Fsp3) is 0.235. The van der Waals surface area contributed by atoms with Crippen LogP contribution in [0.2, 0.25) is 10.0 Å². The zero-order valence-electron chi connectivity index (χ0n) is 13.4. The zero-order valence-corrected chi connectivity index (χ0v) is 14.9. The number of nitrogens with two attached hydrogens (primary N) is 1. The Hall–Kier alpha value is -2.12. The van der Waals surface area contributed by atoms with Crippen LogP contribution in [0.15, 0.2) is 41.6 Å². The molecule has 0 heterocycles. The lowest BCUT2D eigenvalue weighted by Crippen LogP contribution is -2.16. The van der Waals surface area contributed by atoms with Crippen LogP contribution >= 0.6 is 23.2 Å². The molecule has 0 spiro atoms. The Morgan fingerprint density at radius 1 is 1.12 bits per heavy atom. The third-order valence-corrected chi connectivity index (χ3v) is 4.28. The molecule has 0 amide bonds. The Morgan fingerprint density at radius 2 is 1.85 bits per heavy atom. The number of hydrogen-bond acceptors (Lipinski definition) is 3. The maximum atomic E-state index is 13.2. The van der Waals surface area contributed by atoms with Gasteiger partial charge >= 0.3 is 6.18 Å². The van der Waals surface area contributed by atoms with Crippen molar-refractivity contribution >= 4 is 29.0 Å². The lowest BCUT2D eigenvalue weighted by Gasteiger charge is -2.15. The van der Waals surface area contributed by atoms with Gasteiger partial charge in [-0.15, -0.1) is 0 Å². The zero-order chi connectivity index (χ0) is 19.3. The number of rotatable bonds is 6. The number of ether oxygens (including phenoxy) is 1. The SMILES string of the molecule is N/C(=N\O)c1ccc(OCCCc2ccc(Cl)c(Cl)c2)c(C(F)(F)F)c1. The molecule has 4 nitrogen and oxygen atoms in total. The molecule has 2 aromatic rings. The van der Waals surface area contributed by atoms with Crippen molar-refractivity contribution in [3.63, 3.8) is 0 Å². The lowest BCUT2D eigenvalue weighted by molar-refractivity contribution is -0.139. The first-order chi connectivity index (χ1) is 12.2. The van der Waals surface area contributed by atoms with Crippen LogP contribution in [0.4, 0.5) is 13.2 Å². The van der Waals surface area contributed by atoms with Crippen LogP contribution in [0.1, 0.15) is 23.1 Å². The summed E-state index contributed by atoms with van der Waals surface area (Å²) in [4.78, 5) is 0. The largest absolute Gasteiger partial charge is 0.493 e. The molecule has 9 heteroatoms. The molecule has 0 aromatic heterocycles. The van der Waals surface area contributed by atoms with Crippen molar-refractivity contribution in [2.75, 3.05) is 6.61 Å². The quantitative estimate of drug-likeness (QED) is 0.230. The summed E-state index contributed by atoms with van der Waals surface area (Å²) >= 11 is 11.8. The topological polar surface area (TPSA) is 67.8 Å². The maximum absolute atomic E-state index is 13.2. The van der Waals surface area contributed by atoms with Gasteiger partial charge in [0.25, 0.3) is 0 Å². The summed E-state index contributed by atoms with van der Waals surface area (Å²) in [5, 5.41) is 12.2. The molecule has 26 heavy (non-hydrogen) atoms. The van der Waals surface area contributed by atoms with Gasteiger partial charge < -0.3 is 15.7 Å². The Bertz CT molecular complexity index is 811. The fourth-order valence-corrected chi connectivity index (χ4v) is 2.57. The number of hydrogen-bond donors (Lipinski definition) is 2. The van der Waals surface area contributed by atoms with E-state index in [9.17, 15) is 13.2 Å². The highest BCUT2D eigenvalue weighted by Gasteiger charge is 2.35. The molecule has 2 rings (SSSR count). The van der Waals surface area contributed by atoms with E-state index < -0.39 is 17.6 Å². The molecule has 3 N–H and O–H groups in total. The predicted molar refractivity (Wildman–Crippen MR) is 94.2 cm³/mol. The fourth-order valence-electron chi connectivity index (χ4n) is 2.25. The number of alkyl halides is 3. The number of benzene rings is 2. The van der Waals surface area contributed by atoms with Crippen LogP contribution in [-0.4, -0.2) is 17.6 Å². The van der Waals surface area contributed by atoms with E-state index in [4.69, 9.17) is 38.9 Å². The van der Waals surface area contributed by atoms with Crippen molar-refractivity contribution in [1.82, 2.24) is 0 Å². The standard InChI is InChI=1S/C17H15Cl2F3N2O2/c18-13-5-3-10(8-14(13)19)2-1-7-26-15-6-4-11(16(23)24-25)9-12(15)17(20,21)22/h3-6,8-9,25H,1-2,7H2,(H2,23,24). The van der Waals surface area contributed by atoms with Crippen molar-refractivity contribution in [2.24, 2.45) is 10.9 Å². The van der Waals surface area contributed by atoms with E-state index >= 15 is 0 Å². The van der Waals surface area contributed by atoms with Crippen molar-refractivity contribution < 1.29 is 23.1 Å². The molecule has 0 aliphatic heterocycles. The summed E-state index contributed by atoms with van der Waals surface area (Å²) in [5.41, 5.74) is 5.20. The van der Waals surface area contributed by atoms with E-state index in [2.05, 4.69) is 5.16 Å². The molecule has 0 atom stereocenters. The third-order valence-electron chi connectivity index (χ3n) is 3.54. The minimum absolute atomic E-state index is 0.0528.